The van der Waals surface area contributed by atoms with Crippen LogP contribution in [0.2, 0.25) is 0 Å². The predicted molar refractivity (Wildman–Crippen MR) is 116 cm³/mol. The Bertz CT molecular complexity index is 820. The molecule has 0 radical (unpaired) electrons. The molecule has 0 aliphatic rings. The van der Waals surface area contributed by atoms with E-state index < -0.39 is 0 Å². The predicted octanol–water partition coefficient (Wildman–Crippen LogP) is 6.66. The third-order valence-corrected chi connectivity index (χ3v) is 5.07. The molecule has 3 heteroatoms. The summed E-state index contributed by atoms with van der Waals surface area (Å²) < 4.78 is 7.18. The van der Waals surface area contributed by atoms with E-state index in [1.54, 1.807) is 0 Å². The van der Waals surface area contributed by atoms with Crippen LogP contribution in [0.5, 0.6) is 5.75 Å². The molecule has 1 atom stereocenters. The number of halogens is 1. The lowest BCUT2D eigenvalue weighted by Gasteiger charge is -2.20. The fraction of sp³-hybridized carbons (Fsp3) is 0.250. The van der Waals surface area contributed by atoms with Gasteiger partial charge in [0, 0.05) is 22.6 Å². The van der Waals surface area contributed by atoms with Crippen molar-refractivity contribution in [1.82, 2.24) is 5.32 Å². The maximum absolute atomic E-state index is 6.12. The van der Waals surface area contributed by atoms with Gasteiger partial charge in [0.05, 0.1) is 0 Å². The van der Waals surface area contributed by atoms with Gasteiger partial charge in [0.15, 0.2) is 0 Å². The van der Waals surface area contributed by atoms with E-state index in [-0.39, 0.29) is 0 Å². The molecule has 0 amide bonds. The van der Waals surface area contributed by atoms with Crippen LogP contribution in [0.25, 0.3) is 0 Å². The van der Waals surface area contributed by atoms with Crippen molar-refractivity contribution in [3.05, 3.63) is 100 Å². The van der Waals surface area contributed by atoms with Crippen LogP contribution in [0.1, 0.15) is 42.5 Å². The van der Waals surface area contributed by atoms with Gasteiger partial charge in [-0.2, -0.15) is 0 Å². The second-order valence-corrected chi connectivity index (χ2v) is 7.57. The molecule has 3 rings (SSSR count). The maximum atomic E-state index is 6.12. The smallest absolute Gasteiger partial charge is 0.124 e. The Morgan fingerprint density at radius 2 is 1.63 bits per heavy atom. The highest BCUT2D eigenvalue weighted by Crippen LogP contribution is 2.26. The lowest BCUT2D eigenvalue weighted by atomic mass is 10.0. The molecule has 0 fully saturated rings. The first-order chi connectivity index (χ1) is 13.3. The van der Waals surface area contributed by atoms with Gasteiger partial charge in [-0.25, -0.2) is 0 Å². The number of rotatable bonds is 9. The zero-order chi connectivity index (χ0) is 18.9. The van der Waals surface area contributed by atoms with E-state index in [1.165, 1.54) is 11.1 Å². The van der Waals surface area contributed by atoms with E-state index in [1.807, 2.05) is 30.3 Å². The summed E-state index contributed by atoms with van der Waals surface area (Å²) in [6, 6.07) is 27.5. The highest BCUT2D eigenvalue weighted by Gasteiger charge is 2.12. The maximum Gasteiger partial charge on any atom is 0.124 e. The van der Waals surface area contributed by atoms with Crippen LogP contribution < -0.4 is 10.1 Å². The van der Waals surface area contributed by atoms with Crippen LogP contribution in [0, 0.1) is 0 Å². The molecule has 3 aromatic rings. The van der Waals surface area contributed by atoms with Crippen molar-refractivity contribution < 1.29 is 4.74 Å². The number of hydrogen-bond acceptors (Lipinski definition) is 2. The average Bonchev–Trinajstić information content (AvgIpc) is 2.72. The molecule has 0 aliphatic heterocycles. The fourth-order valence-electron chi connectivity index (χ4n) is 3.16. The summed E-state index contributed by atoms with van der Waals surface area (Å²) in [5.41, 5.74) is 3.67. The number of ether oxygens (including phenoxy) is 1. The van der Waals surface area contributed by atoms with E-state index in [2.05, 4.69) is 76.7 Å². The molecule has 2 nitrogen and oxygen atoms in total. The minimum atomic E-state index is 0.345. The zero-order valence-electron chi connectivity index (χ0n) is 15.7. The summed E-state index contributed by atoms with van der Waals surface area (Å²) in [5, 5.41) is 3.72. The summed E-state index contributed by atoms with van der Waals surface area (Å²) in [5.74, 6) is 0.929. The van der Waals surface area contributed by atoms with Gasteiger partial charge >= 0.3 is 0 Å². The van der Waals surface area contributed by atoms with Crippen LogP contribution in [0.15, 0.2) is 83.3 Å². The SMILES string of the molecule is CCCC(NCc1cc(Br)ccc1OCc1ccccc1)c1ccccc1. The van der Waals surface area contributed by atoms with Crippen molar-refractivity contribution in [3.8, 4) is 5.75 Å². The number of benzene rings is 3. The van der Waals surface area contributed by atoms with Crippen molar-refractivity contribution in [3.63, 3.8) is 0 Å². The monoisotopic (exact) mass is 423 g/mol. The summed E-state index contributed by atoms with van der Waals surface area (Å²) in [7, 11) is 0. The molecule has 0 bridgehead atoms. The van der Waals surface area contributed by atoms with Gasteiger partial charge in [-0.15, -0.1) is 0 Å². The number of hydrogen-bond donors (Lipinski definition) is 1. The average molecular weight is 424 g/mol. The van der Waals surface area contributed by atoms with Crippen molar-refractivity contribution in [2.24, 2.45) is 0 Å². The minimum Gasteiger partial charge on any atom is -0.489 e. The van der Waals surface area contributed by atoms with Gasteiger partial charge in [-0.1, -0.05) is 89.9 Å². The van der Waals surface area contributed by atoms with E-state index in [4.69, 9.17) is 4.74 Å². The van der Waals surface area contributed by atoms with Crippen LogP contribution in [0.4, 0.5) is 0 Å². The van der Waals surface area contributed by atoms with Crippen LogP contribution in [-0.2, 0) is 13.2 Å². The van der Waals surface area contributed by atoms with Crippen molar-refractivity contribution in [2.75, 3.05) is 0 Å². The van der Waals surface area contributed by atoms with Gasteiger partial charge < -0.3 is 10.1 Å². The third-order valence-electron chi connectivity index (χ3n) is 4.58. The van der Waals surface area contributed by atoms with Crippen molar-refractivity contribution in [2.45, 2.75) is 39.0 Å². The topological polar surface area (TPSA) is 21.3 Å². The third kappa shape index (κ3) is 5.95. The zero-order valence-corrected chi connectivity index (χ0v) is 17.3. The molecule has 3 aromatic carbocycles. The van der Waals surface area contributed by atoms with Crippen LogP contribution >= 0.6 is 15.9 Å². The lowest BCUT2D eigenvalue weighted by Crippen LogP contribution is -2.21. The highest BCUT2D eigenvalue weighted by atomic mass is 79.9. The molecule has 0 aromatic heterocycles. The van der Waals surface area contributed by atoms with E-state index in [0.29, 0.717) is 12.6 Å². The molecule has 1 unspecified atom stereocenters. The first-order valence-corrected chi connectivity index (χ1v) is 10.3. The molecule has 140 valence electrons. The summed E-state index contributed by atoms with van der Waals surface area (Å²) in [6.45, 7) is 3.57. The van der Waals surface area contributed by atoms with Gasteiger partial charge in [-0.3, -0.25) is 0 Å². The van der Waals surface area contributed by atoms with Gasteiger partial charge in [-0.05, 0) is 35.7 Å². The van der Waals surface area contributed by atoms with E-state index in [9.17, 15) is 0 Å². The molecule has 27 heavy (non-hydrogen) atoms. The summed E-state index contributed by atoms with van der Waals surface area (Å²) >= 11 is 3.59. The molecule has 1 N–H and O–H groups in total. The summed E-state index contributed by atoms with van der Waals surface area (Å²) in [4.78, 5) is 0. The van der Waals surface area contributed by atoms with E-state index >= 15 is 0 Å². The Balaban J connectivity index is 1.70. The standard InChI is InChI=1S/C24H26BrNO/c1-2-9-23(20-12-7-4-8-13-20)26-17-21-16-22(25)14-15-24(21)27-18-19-10-5-3-6-11-19/h3-8,10-16,23,26H,2,9,17-18H2,1H3. The highest BCUT2D eigenvalue weighted by molar-refractivity contribution is 9.10. The Kier molecular flexibility index (Phi) is 7.49. The first-order valence-electron chi connectivity index (χ1n) is 9.49. The largest absolute Gasteiger partial charge is 0.489 e. The van der Waals surface area contributed by atoms with Crippen LogP contribution in [-0.4, -0.2) is 0 Å². The molecule has 0 saturated carbocycles. The summed E-state index contributed by atoms with van der Waals surface area (Å²) in [6.07, 6.45) is 2.25. The molecule has 0 saturated heterocycles. The normalized spacial score (nSPS) is 11.9. The van der Waals surface area contributed by atoms with Crippen molar-refractivity contribution in [1.29, 1.82) is 0 Å². The quantitative estimate of drug-likeness (QED) is 0.415. The Morgan fingerprint density at radius 1 is 0.926 bits per heavy atom. The molecule has 0 spiro atoms. The Labute approximate surface area is 170 Å². The van der Waals surface area contributed by atoms with Gasteiger partial charge in [0.25, 0.3) is 0 Å². The Morgan fingerprint density at radius 3 is 2.33 bits per heavy atom. The van der Waals surface area contributed by atoms with E-state index in [0.717, 1.165) is 35.2 Å². The molecular formula is C24H26BrNO. The minimum absolute atomic E-state index is 0.345. The van der Waals surface area contributed by atoms with Gasteiger partial charge in [0.1, 0.15) is 12.4 Å². The number of nitrogens with one attached hydrogen (secondary N) is 1. The van der Waals surface area contributed by atoms with Gasteiger partial charge in [0.2, 0.25) is 0 Å². The van der Waals surface area contributed by atoms with Crippen molar-refractivity contribution >= 4 is 15.9 Å². The second-order valence-electron chi connectivity index (χ2n) is 6.66. The molecule has 0 aliphatic carbocycles. The fourth-order valence-corrected chi connectivity index (χ4v) is 3.56. The lowest BCUT2D eigenvalue weighted by molar-refractivity contribution is 0.301. The molecule has 0 heterocycles. The van der Waals surface area contributed by atoms with Crippen LogP contribution in [0.3, 0.4) is 0 Å². The molecular weight excluding hydrogens is 398 g/mol. The Hall–Kier alpha value is -2.10. The first kappa shape index (κ1) is 19.7. The second kappa shape index (κ2) is 10.3.